The zero-order valence-electron chi connectivity index (χ0n) is 18.5. The Hall–Kier alpha value is -0.940. The molecule has 0 aromatic heterocycles. The van der Waals surface area contributed by atoms with E-state index in [2.05, 4.69) is 20.8 Å². The quantitative estimate of drug-likeness (QED) is 0.560. The van der Waals surface area contributed by atoms with Gasteiger partial charge in [0, 0.05) is 24.2 Å². The molecule has 5 nitrogen and oxygen atoms in total. The predicted molar refractivity (Wildman–Crippen MR) is 107 cm³/mol. The summed E-state index contributed by atoms with van der Waals surface area (Å²) >= 11 is 0. The molecule has 1 aliphatic heterocycles. The predicted octanol–water partition coefficient (Wildman–Crippen LogP) is 3.80. The van der Waals surface area contributed by atoms with Gasteiger partial charge < -0.3 is 14.6 Å². The van der Waals surface area contributed by atoms with Crippen LogP contribution in [0.4, 0.5) is 0 Å². The Balaban J connectivity index is 1.54. The molecule has 4 saturated carbocycles. The molecule has 162 valence electrons. The van der Waals surface area contributed by atoms with Crippen LogP contribution in [0.3, 0.4) is 0 Å². The highest BCUT2D eigenvalue weighted by Gasteiger charge is 2.82. The number of fused-ring (bicyclic) bond motifs is 4. The summed E-state index contributed by atoms with van der Waals surface area (Å²) in [6.45, 7) is 9.88. The van der Waals surface area contributed by atoms with E-state index >= 15 is 0 Å². The van der Waals surface area contributed by atoms with Crippen LogP contribution in [0.1, 0.15) is 86.0 Å². The molecule has 1 heterocycles. The number of aliphatic hydroxyl groups excluding tert-OH is 1. The van der Waals surface area contributed by atoms with E-state index in [1.54, 1.807) is 6.92 Å². The summed E-state index contributed by atoms with van der Waals surface area (Å²) in [6.07, 6.45) is 6.90. The van der Waals surface area contributed by atoms with Crippen LogP contribution in [-0.2, 0) is 19.1 Å². The molecule has 0 aromatic carbocycles. The minimum atomic E-state index is -0.974. The average molecular weight is 405 g/mol. The van der Waals surface area contributed by atoms with Gasteiger partial charge in [-0.05, 0) is 76.5 Å². The largest absolute Gasteiger partial charge is 0.451 e. The van der Waals surface area contributed by atoms with Crippen LogP contribution in [-0.4, -0.2) is 39.8 Å². The van der Waals surface area contributed by atoms with Crippen LogP contribution >= 0.6 is 0 Å². The maximum Gasteiger partial charge on any atom is 0.303 e. The molecule has 0 aromatic rings. The van der Waals surface area contributed by atoms with E-state index in [0.717, 1.165) is 44.9 Å². The second-order valence-electron chi connectivity index (χ2n) is 11.5. The summed E-state index contributed by atoms with van der Waals surface area (Å²) in [5.74, 6) is 1.04. The molecule has 1 saturated heterocycles. The molecule has 5 rings (SSSR count). The SMILES string of the molecule is CC(=O)O[C@]1(C(C)=O)CC[C@@H]2[C@@H]3C[C@]4(C)O[C@]45C[C@H](O)CC[C@]5(C)[C@@H]3CC[C@]21C. The second-order valence-corrected chi connectivity index (χ2v) is 11.5. The summed E-state index contributed by atoms with van der Waals surface area (Å²) in [6, 6.07) is 0. The first-order valence-electron chi connectivity index (χ1n) is 11.5. The van der Waals surface area contributed by atoms with E-state index in [4.69, 9.17) is 9.47 Å². The normalized spacial score (nSPS) is 57.7. The topological polar surface area (TPSA) is 76.1 Å². The number of rotatable bonds is 2. The monoisotopic (exact) mass is 404 g/mol. The molecule has 0 amide bonds. The molecular weight excluding hydrogens is 368 g/mol. The number of epoxide rings is 1. The van der Waals surface area contributed by atoms with Crippen LogP contribution in [0.15, 0.2) is 0 Å². The third-order valence-electron chi connectivity index (χ3n) is 10.5. The van der Waals surface area contributed by atoms with Crippen LogP contribution in [0, 0.1) is 28.6 Å². The van der Waals surface area contributed by atoms with E-state index in [9.17, 15) is 14.7 Å². The number of hydrogen-bond acceptors (Lipinski definition) is 5. The number of ketones is 1. The van der Waals surface area contributed by atoms with Gasteiger partial charge in [0.1, 0.15) is 5.60 Å². The van der Waals surface area contributed by atoms with Crippen molar-refractivity contribution in [2.24, 2.45) is 28.6 Å². The Labute approximate surface area is 173 Å². The highest BCUT2D eigenvalue weighted by Crippen LogP contribution is 2.78. The minimum Gasteiger partial charge on any atom is -0.451 e. The molecule has 5 aliphatic rings. The molecule has 5 heteroatoms. The van der Waals surface area contributed by atoms with Crippen molar-refractivity contribution in [1.29, 1.82) is 0 Å². The molecule has 0 bridgehead atoms. The summed E-state index contributed by atoms with van der Waals surface area (Å²) in [7, 11) is 0. The number of esters is 1. The van der Waals surface area contributed by atoms with Gasteiger partial charge in [-0.1, -0.05) is 13.8 Å². The molecule has 1 spiro atoms. The molecule has 29 heavy (non-hydrogen) atoms. The number of aliphatic hydroxyl groups is 1. The maximum atomic E-state index is 12.9. The van der Waals surface area contributed by atoms with E-state index in [-0.39, 0.29) is 39.9 Å². The standard InChI is InChI=1S/C24H36O5/c1-14(25)23(28-15(2)26)11-8-18-17-13-22(5)24(29-22)12-16(27)6-9-21(24,4)19(17)7-10-20(18,23)3/h16-19,27H,6-13H2,1-5H3/t16-,17+,18-,19-,20-,21-,22+,23+,24+/m1/s1. The Morgan fingerprint density at radius 2 is 1.55 bits per heavy atom. The maximum absolute atomic E-state index is 12.9. The fourth-order valence-corrected chi connectivity index (χ4v) is 9.24. The molecule has 5 fully saturated rings. The lowest BCUT2D eigenvalue weighted by atomic mass is 9.42. The number of hydrogen-bond donors (Lipinski definition) is 1. The lowest BCUT2D eigenvalue weighted by molar-refractivity contribution is -0.191. The van der Waals surface area contributed by atoms with Crippen molar-refractivity contribution in [2.75, 3.05) is 0 Å². The van der Waals surface area contributed by atoms with Crippen molar-refractivity contribution < 1.29 is 24.2 Å². The number of Topliss-reactive ketones (excluding diaryl/α,β-unsaturated/α-hetero) is 1. The van der Waals surface area contributed by atoms with Gasteiger partial charge in [0.15, 0.2) is 11.4 Å². The zero-order chi connectivity index (χ0) is 21.0. The lowest BCUT2D eigenvalue weighted by Crippen LogP contribution is -2.63. The highest BCUT2D eigenvalue weighted by atomic mass is 16.6. The lowest BCUT2D eigenvalue weighted by Gasteiger charge is -2.61. The van der Waals surface area contributed by atoms with Crippen LogP contribution < -0.4 is 0 Å². The second kappa shape index (κ2) is 5.64. The van der Waals surface area contributed by atoms with Gasteiger partial charge in [0.25, 0.3) is 0 Å². The minimum absolute atomic E-state index is 0.00203. The molecular formula is C24H36O5. The van der Waals surface area contributed by atoms with Gasteiger partial charge in [-0.15, -0.1) is 0 Å². The summed E-state index contributed by atoms with van der Waals surface area (Å²) in [5, 5.41) is 10.4. The number of ether oxygens (including phenoxy) is 2. The average Bonchev–Trinajstić information content (AvgIpc) is 3.09. The first kappa shape index (κ1) is 20.0. The van der Waals surface area contributed by atoms with Crippen molar-refractivity contribution >= 4 is 11.8 Å². The smallest absolute Gasteiger partial charge is 0.303 e. The van der Waals surface area contributed by atoms with Crippen molar-refractivity contribution in [2.45, 2.75) is 109 Å². The van der Waals surface area contributed by atoms with Crippen LogP contribution in [0.2, 0.25) is 0 Å². The highest BCUT2D eigenvalue weighted by molar-refractivity contribution is 5.89. The van der Waals surface area contributed by atoms with Crippen LogP contribution in [0.25, 0.3) is 0 Å². The molecule has 0 unspecified atom stereocenters. The van der Waals surface area contributed by atoms with E-state index in [1.165, 1.54) is 6.92 Å². The van der Waals surface area contributed by atoms with Gasteiger partial charge in [0.2, 0.25) is 0 Å². The van der Waals surface area contributed by atoms with Crippen molar-refractivity contribution in [3.63, 3.8) is 0 Å². The number of carbonyl (C=O) groups is 2. The van der Waals surface area contributed by atoms with Gasteiger partial charge in [-0.2, -0.15) is 0 Å². The zero-order valence-corrected chi connectivity index (χ0v) is 18.5. The van der Waals surface area contributed by atoms with Gasteiger partial charge in [-0.25, -0.2) is 0 Å². The van der Waals surface area contributed by atoms with E-state index < -0.39 is 5.60 Å². The Kier molecular flexibility index (Phi) is 3.89. The Morgan fingerprint density at radius 1 is 0.931 bits per heavy atom. The first-order chi connectivity index (χ1) is 13.4. The number of carbonyl (C=O) groups excluding carboxylic acids is 2. The molecule has 0 radical (unpaired) electrons. The van der Waals surface area contributed by atoms with Gasteiger partial charge in [0.05, 0.1) is 11.7 Å². The summed E-state index contributed by atoms with van der Waals surface area (Å²) < 4.78 is 12.4. The first-order valence-corrected chi connectivity index (χ1v) is 11.5. The van der Waals surface area contributed by atoms with Crippen molar-refractivity contribution in [1.82, 2.24) is 0 Å². The third-order valence-corrected chi connectivity index (χ3v) is 10.5. The van der Waals surface area contributed by atoms with Gasteiger partial charge >= 0.3 is 5.97 Å². The van der Waals surface area contributed by atoms with Crippen molar-refractivity contribution in [3.8, 4) is 0 Å². The van der Waals surface area contributed by atoms with E-state index in [0.29, 0.717) is 24.2 Å². The molecule has 1 N–H and O–H groups in total. The Bertz CT molecular complexity index is 779. The molecule has 4 aliphatic carbocycles. The Morgan fingerprint density at radius 3 is 2.21 bits per heavy atom. The van der Waals surface area contributed by atoms with Crippen molar-refractivity contribution in [3.05, 3.63) is 0 Å². The summed E-state index contributed by atoms with van der Waals surface area (Å²) in [5.41, 5.74) is -1.56. The fourth-order valence-electron chi connectivity index (χ4n) is 9.24. The molecule has 9 atom stereocenters. The summed E-state index contributed by atoms with van der Waals surface area (Å²) in [4.78, 5) is 24.8. The third kappa shape index (κ3) is 2.14. The van der Waals surface area contributed by atoms with Gasteiger partial charge in [-0.3, -0.25) is 9.59 Å². The van der Waals surface area contributed by atoms with Crippen LogP contribution in [0.5, 0.6) is 0 Å². The van der Waals surface area contributed by atoms with E-state index in [1.807, 2.05) is 0 Å². The fraction of sp³-hybridized carbons (Fsp3) is 0.917.